The predicted octanol–water partition coefficient (Wildman–Crippen LogP) is 2.76. The van der Waals surface area contributed by atoms with E-state index in [1.807, 2.05) is 30.9 Å². The Bertz CT molecular complexity index is 726. The summed E-state index contributed by atoms with van der Waals surface area (Å²) >= 11 is 0. The molecule has 28 heavy (non-hydrogen) atoms. The second kappa shape index (κ2) is 6.77. The molecule has 5 aliphatic rings. The Morgan fingerprint density at radius 1 is 1.21 bits per heavy atom. The van der Waals surface area contributed by atoms with Crippen molar-refractivity contribution in [1.29, 1.82) is 0 Å². The highest BCUT2D eigenvalue weighted by atomic mass is 17.3. The highest BCUT2D eigenvalue weighted by Gasteiger charge is 2.69. The number of hydrogen-bond acceptors (Lipinski definition) is 6. The average Bonchev–Trinajstić information content (AvgIpc) is 2.93. The number of nitrogens with one attached hydrogen (secondary N) is 1. The van der Waals surface area contributed by atoms with Crippen LogP contribution in [0.4, 0.5) is 0 Å². The molecule has 8 atom stereocenters. The number of ether oxygens (including phenoxy) is 2. The molecule has 0 unspecified atom stereocenters. The monoisotopic (exact) mass is 391 g/mol. The molecule has 2 bridgehead atoms. The second-order valence-corrected chi connectivity index (χ2v) is 9.52. The van der Waals surface area contributed by atoms with Crippen molar-refractivity contribution in [2.24, 2.45) is 30.7 Å². The summed E-state index contributed by atoms with van der Waals surface area (Å²) in [6.07, 6.45) is 5.88. The standard InChI is InChI=1S/C21H33N3O4/c1-13-5-6-17-14(2)18(12-22-11-15-8-10-23-24(15)4)25-19-21(17)16(13)7-9-20(3,26-19)27-28-21/h8,10,13-14,16-19,22H,5-7,9,11-12H2,1-4H3/t13-,14-,16+,17+,18-,19-,20-,21-/m1/s1. The van der Waals surface area contributed by atoms with E-state index in [0.717, 1.165) is 32.4 Å². The quantitative estimate of drug-likeness (QED) is 0.796. The molecule has 1 aliphatic carbocycles. The summed E-state index contributed by atoms with van der Waals surface area (Å²) in [5, 5.41) is 7.80. The maximum absolute atomic E-state index is 6.59. The van der Waals surface area contributed by atoms with Crippen LogP contribution in [0.3, 0.4) is 0 Å². The van der Waals surface area contributed by atoms with Gasteiger partial charge < -0.3 is 14.8 Å². The Morgan fingerprint density at radius 3 is 2.86 bits per heavy atom. The van der Waals surface area contributed by atoms with Crippen LogP contribution in [0.1, 0.15) is 52.1 Å². The minimum absolute atomic E-state index is 0.0921. The highest BCUT2D eigenvalue weighted by molar-refractivity contribution is 5.10. The summed E-state index contributed by atoms with van der Waals surface area (Å²) < 4.78 is 14.9. The third kappa shape index (κ3) is 2.78. The number of fused-ring (bicyclic) bond motifs is 2. The largest absolute Gasteiger partial charge is 0.345 e. The van der Waals surface area contributed by atoms with E-state index in [-0.39, 0.29) is 12.4 Å². The van der Waals surface area contributed by atoms with Crippen molar-refractivity contribution in [1.82, 2.24) is 15.1 Å². The predicted molar refractivity (Wildman–Crippen MR) is 102 cm³/mol. The first kappa shape index (κ1) is 19.0. The van der Waals surface area contributed by atoms with E-state index in [2.05, 4.69) is 24.3 Å². The molecule has 1 N–H and O–H groups in total. The molecular weight excluding hydrogens is 358 g/mol. The molecule has 4 aliphatic heterocycles. The first-order valence-corrected chi connectivity index (χ1v) is 10.8. The fraction of sp³-hybridized carbons (Fsp3) is 0.857. The first-order valence-electron chi connectivity index (χ1n) is 10.8. The average molecular weight is 392 g/mol. The molecule has 7 nitrogen and oxygen atoms in total. The fourth-order valence-electron chi connectivity index (χ4n) is 6.13. The summed E-state index contributed by atoms with van der Waals surface area (Å²) in [6.45, 7) is 8.20. The second-order valence-electron chi connectivity index (χ2n) is 9.52. The Labute approximate surface area is 167 Å². The van der Waals surface area contributed by atoms with Crippen LogP contribution < -0.4 is 5.32 Å². The molecular formula is C21H33N3O4. The van der Waals surface area contributed by atoms with Crippen LogP contribution >= 0.6 is 0 Å². The molecule has 5 heterocycles. The Kier molecular flexibility index (Phi) is 4.60. The van der Waals surface area contributed by atoms with Crippen molar-refractivity contribution in [2.75, 3.05) is 6.54 Å². The van der Waals surface area contributed by atoms with Crippen LogP contribution in [-0.2, 0) is 32.8 Å². The summed E-state index contributed by atoms with van der Waals surface area (Å²) in [5.74, 6) is 1.08. The lowest BCUT2D eigenvalue weighted by Crippen LogP contribution is -2.71. The third-order valence-corrected chi connectivity index (χ3v) is 7.87. The van der Waals surface area contributed by atoms with Crippen LogP contribution in [0.25, 0.3) is 0 Å². The molecule has 4 saturated heterocycles. The van der Waals surface area contributed by atoms with Crippen LogP contribution in [0, 0.1) is 23.7 Å². The van der Waals surface area contributed by atoms with Crippen molar-refractivity contribution in [3.05, 3.63) is 18.0 Å². The van der Waals surface area contributed by atoms with Crippen LogP contribution in [-0.4, -0.2) is 40.1 Å². The molecule has 1 saturated carbocycles. The van der Waals surface area contributed by atoms with Gasteiger partial charge in [0.25, 0.3) is 0 Å². The van der Waals surface area contributed by atoms with Crippen LogP contribution in [0.5, 0.6) is 0 Å². The zero-order valence-corrected chi connectivity index (χ0v) is 17.4. The molecule has 0 radical (unpaired) electrons. The van der Waals surface area contributed by atoms with Crippen molar-refractivity contribution in [3.63, 3.8) is 0 Å². The van der Waals surface area contributed by atoms with Crippen molar-refractivity contribution < 1.29 is 19.2 Å². The molecule has 1 aromatic heterocycles. The van der Waals surface area contributed by atoms with Gasteiger partial charge >= 0.3 is 0 Å². The number of rotatable bonds is 4. The number of nitrogens with zero attached hydrogens (tertiary/aromatic N) is 2. The third-order valence-electron chi connectivity index (χ3n) is 7.87. The highest BCUT2D eigenvalue weighted by Crippen LogP contribution is 2.60. The fourth-order valence-corrected chi connectivity index (χ4v) is 6.13. The molecule has 1 aromatic rings. The van der Waals surface area contributed by atoms with E-state index in [0.29, 0.717) is 23.7 Å². The van der Waals surface area contributed by atoms with E-state index in [4.69, 9.17) is 19.2 Å². The van der Waals surface area contributed by atoms with Crippen molar-refractivity contribution >= 4 is 0 Å². The minimum Gasteiger partial charge on any atom is -0.345 e. The summed E-state index contributed by atoms with van der Waals surface area (Å²) in [4.78, 5) is 12.1. The molecule has 1 spiro atoms. The maximum Gasteiger partial charge on any atom is 0.201 e. The lowest BCUT2D eigenvalue weighted by Gasteiger charge is -2.60. The van der Waals surface area contributed by atoms with E-state index >= 15 is 0 Å². The number of hydrogen-bond donors (Lipinski definition) is 1. The van der Waals surface area contributed by atoms with Gasteiger partial charge in [-0.25, -0.2) is 9.78 Å². The number of aryl methyl sites for hydroxylation is 1. The van der Waals surface area contributed by atoms with Gasteiger partial charge in [-0.05, 0) is 50.0 Å². The molecule has 156 valence electrons. The van der Waals surface area contributed by atoms with Crippen LogP contribution in [0.2, 0.25) is 0 Å². The van der Waals surface area contributed by atoms with Gasteiger partial charge in [0.05, 0.1) is 11.8 Å². The zero-order valence-electron chi connectivity index (χ0n) is 17.4. The Hall–Kier alpha value is -0.990. The SMILES string of the molecule is C[C@H]1[C@@H](CNCc2ccnn2C)O[C@@H]2O[C@@]3(C)CC[C@H]4[C@H](C)CC[C@@H]1[C@@]24OO3. The van der Waals surface area contributed by atoms with Crippen LogP contribution in [0.15, 0.2) is 12.3 Å². The van der Waals surface area contributed by atoms with Gasteiger partial charge in [0.2, 0.25) is 5.79 Å². The lowest BCUT2D eigenvalue weighted by molar-refractivity contribution is -0.570. The topological polar surface area (TPSA) is 66.8 Å². The normalized spacial score (nSPS) is 47.6. The van der Waals surface area contributed by atoms with Gasteiger partial charge in [-0.3, -0.25) is 4.68 Å². The lowest BCUT2D eigenvalue weighted by atomic mass is 9.57. The van der Waals surface area contributed by atoms with Crippen molar-refractivity contribution in [3.8, 4) is 0 Å². The first-order chi connectivity index (χ1) is 13.4. The van der Waals surface area contributed by atoms with Gasteiger partial charge in [0, 0.05) is 38.7 Å². The molecule has 6 rings (SSSR count). The minimum atomic E-state index is -0.704. The van der Waals surface area contributed by atoms with E-state index < -0.39 is 11.4 Å². The summed E-state index contributed by atoms with van der Waals surface area (Å²) in [5.41, 5.74) is 0.700. The molecule has 0 amide bonds. The molecule has 5 fully saturated rings. The number of aromatic nitrogens is 2. The van der Waals surface area contributed by atoms with Gasteiger partial charge in [0.1, 0.15) is 0 Å². The summed E-state index contributed by atoms with van der Waals surface area (Å²) in [6, 6.07) is 2.04. The van der Waals surface area contributed by atoms with E-state index in [1.165, 1.54) is 12.1 Å². The molecule has 0 aromatic carbocycles. The Morgan fingerprint density at radius 2 is 2.07 bits per heavy atom. The van der Waals surface area contributed by atoms with Gasteiger partial charge in [-0.15, -0.1) is 0 Å². The maximum atomic E-state index is 6.59. The summed E-state index contributed by atoms with van der Waals surface area (Å²) in [7, 11) is 1.97. The van der Waals surface area contributed by atoms with Gasteiger partial charge in [0.15, 0.2) is 11.9 Å². The van der Waals surface area contributed by atoms with Gasteiger partial charge in [-0.2, -0.15) is 5.10 Å². The van der Waals surface area contributed by atoms with E-state index in [9.17, 15) is 0 Å². The van der Waals surface area contributed by atoms with Crippen molar-refractivity contribution in [2.45, 2.75) is 76.8 Å². The van der Waals surface area contributed by atoms with E-state index in [1.54, 1.807) is 0 Å². The molecule has 7 heteroatoms. The zero-order chi connectivity index (χ0) is 19.5. The smallest absolute Gasteiger partial charge is 0.201 e. The van der Waals surface area contributed by atoms with Gasteiger partial charge in [-0.1, -0.05) is 13.8 Å². The Balaban J connectivity index is 1.36.